The number of hydrogen-bond donors (Lipinski definition) is 2. The van der Waals surface area contributed by atoms with E-state index in [-0.39, 0.29) is 28.7 Å². The Balaban J connectivity index is 0.000000413. The second-order valence-electron chi connectivity index (χ2n) is 8.53. The molecular formula is C30H28ClF2FeN8O4S2. The van der Waals surface area contributed by atoms with Crippen LogP contribution in [-0.4, -0.2) is 44.8 Å². The van der Waals surface area contributed by atoms with Crippen LogP contribution in [0.4, 0.5) is 8.78 Å². The normalized spacial score (nSPS) is 12.0. The molecule has 0 amide bonds. The Labute approximate surface area is 299 Å². The molecule has 0 spiro atoms. The number of aromatic nitrogens is 2. The Kier molecular flexibility index (Phi) is 19.7. The van der Waals surface area contributed by atoms with E-state index in [1.165, 1.54) is 24.3 Å². The van der Waals surface area contributed by atoms with E-state index in [2.05, 4.69) is 41.0 Å². The van der Waals surface area contributed by atoms with Crippen molar-refractivity contribution in [3.63, 3.8) is 0 Å². The van der Waals surface area contributed by atoms with E-state index < -0.39 is 10.2 Å². The number of amidine groups is 2. The summed E-state index contributed by atoms with van der Waals surface area (Å²) in [6.45, 7) is 4.93. The molecule has 18 heteroatoms. The van der Waals surface area contributed by atoms with Crippen molar-refractivity contribution < 1.29 is 54.7 Å². The van der Waals surface area contributed by atoms with E-state index >= 15 is 0 Å². The molecule has 0 fully saturated rings. The van der Waals surface area contributed by atoms with Crippen LogP contribution in [0.5, 0.6) is 0 Å². The second-order valence-corrected chi connectivity index (χ2v) is 10.1. The molecule has 0 bridgehead atoms. The number of pyridine rings is 2. The third kappa shape index (κ3) is 17.2. The summed E-state index contributed by atoms with van der Waals surface area (Å²) in [6.07, 6.45) is 3.34. The van der Waals surface area contributed by atoms with Gasteiger partial charge in [0.15, 0.2) is 0 Å². The fourth-order valence-corrected chi connectivity index (χ4v) is 3.68. The maximum atomic E-state index is 13.1. The number of benzene rings is 2. The van der Waals surface area contributed by atoms with Crippen LogP contribution >= 0.6 is 0 Å². The molecule has 2 N–H and O–H groups in total. The molecule has 12 nitrogen and oxygen atoms in total. The van der Waals surface area contributed by atoms with Crippen LogP contribution in [0, 0.1) is 21.9 Å². The third-order valence-corrected chi connectivity index (χ3v) is 5.62. The van der Waals surface area contributed by atoms with Gasteiger partial charge in [0.25, 0.3) is 0 Å². The molecule has 0 unspecified atom stereocenters. The largest absolute Gasteiger partial charge is 3.00 e. The van der Waals surface area contributed by atoms with Crippen LogP contribution in [0.1, 0.15) is 36.4 Å². The van der Waals surface area contributed by atoms with Crippen LogP contribution in [0.15, 0.2) is 118 Å². The Morgan fingerprint density at radius 2 is 0.979 bits per heavy atom. The number of aliphatic imine (C=N–C) groups is 2. The van der Waals surface area contributed by atoms with Crippen molar-refractivity contribution in [1.82, 2.24) is 20.8 Å². The third-order valence-electron chi connectivity index (χ3n) is 5.18. The van der Waals surface area contributed by atoms with E-state index in [0.29, 0.717) is 46.2 Å². The zero-order chi connectivity index (χ0) is 34.7. The maximum absolute atomic E-state index is 13.1. The van der Waals surface area contributed by atoms with Gasteiger partial charge in [0, 0.05) is 36.6 Å². The Hall–Kier alpha value is -4.03. The van der Waals surface area contributed by atoms with Crippen molar-refractivity contribution in [2.45, 2.75) is 13.8 Å². The number of nitrogens with zero attached hydrogens (tertiary/aromatic N) is 6. The summed E-state index contributed by atoms with van der Waals surface area (Å²) in [7, 11) is -4.94. The Bertz CT molecular complexity index is 1510. The fourth-order valence-electron chi connectivity index (χ4n) is 3.33. The topological polar surface area (TPSA) is 192 Å². The van der Waals surface area contributed by atoms with Gasteiger partial charge in [-0.15, -0.1) is 10.2 Å². The van der Waals surface area contributed by atoms with Crippen molar-refractivity contribution in [2.24, 2.45) is 20.2 Å². The molecule has 0 aliphatic carbocycles. The summed E-state index contributed by atoms with van der Waals surface area (Å²) in [6, 6.07) is 23.1. The van der Waals surface area contributed by atoms with Crippen molar-refractivity contribution in [3.05, 3.63) is 131 Å². The number of rotatable bonds is 8. The van der Waals surface area contributed by atoms with Gasteiger partial charge in [0.05, 0.1) is 11.4 Å². The zero-order valence-electron chi connectivity index (χ0n) is 25.3. The minimum Gasteiger partial charge on any atom is -0.741 e. The summed E-state index contributed by atoms with van der Waals surface area (Å²) in [5, 5.41) is 9.12. The molecular weight excluding hydrogens is 730 g/mol. The minimum atomic E-state index is -4.94. The van der Waals surface area contributed by atoms with Crippen LogP contribution in [-0.2, 0) is 42.3 Å². The van der Waals surface area contributed by atoms with Gasteiger partial charge in [-0.1, -0.05) is 12.1 Å². The summed E-state index contributed by atoms with van der Waals surface area (Å²) >= 11 is 10.1. The molecule has 4 rings (SSSR count). The average Bonchev–Trinajstić information content (AvgIpc) is 3.04. The number of nitrogens with one attached hydrogen (secondary N) is 2. The SMILES string of the molecule is CCN=C([S-])N/N=C(\c1ccc(F)cc1)c1ccccn1.CCN=C([S-])N/N=C(\c1ccc(F)cc1)c1ccccn1.[Fe+3].[O-][Cl+3]([O-])([O-])[O-]. The fraction of sp³-hybridized carbons (Fsp3) is 0.133. The first-order valence-electron chi connectivity index (χ1n) is 13.5. The van der Waals surface area contributed by atoms with Crippen LogP contribution < -0.4 is 29.5 Å². The second kappa shape index (κ2) is 22.5. The van der Waals surface area contributed by atoms with Crippen molar-refractivity contribution >= 4 is 47.0 Å². The smallest absolute Gasteiger partial charge is 0.741 e. The molecule has 0 atom stereocenters. The molecule has 2 aromatic heterocycles. The molecule has 48 heavy (non-hydrogen) atoms. The summed E-state index contributed by atoms with van der Waals surface area (Å²) < 4.78 is 60.1. The molecule has 0 aliphatic heterocycles. The number of hydrogen-bond acceptors (Lipinski definition) is 12. The van der Waals surface area contributed by atoms with Crippen LogP contribution in [0.2, 0.25) is 0 Å². The van der Waals surface area contributed by atoms with Crippen molar-refractivity contribution in [1.29, 1.82) is 0 Å². The summed E-state index contributed by atoms with van der Waals surface area (Å²) in [4.78, 5) is 16.6. The van der Waals surface area contributed by atoms with Gasteiger partial charge in [0.2, 0.25) is 0 Å². The Morgan fingerprint density at radius 3 is 1.25 bits per heavy atom. The first-order valence-corrected chi connectivity index (χ1v) is 15.5. The van der Waals surface area contributed by atoms with Crippen LogP contribution in [0.3, 0.4) is 0 Å². The molecule has 2 heterocycles. The van der Waals surface area contributed by atoms with E-state index in [4.69, 9.17) is 43.9 Å². The molecule has 253 valence electrons. The molecule has 0 saturated carbocycles. The van der Waals surface area contributed by atoms with E-state index in [1.807, 2.05) is 50.2 Å². The molecule has 0 aliphatic rings. The predicted octanol–water partition coefficient (Wildman–Crippen LogP) is 0.213. The molecule has 1 radical (unpaired) electrons. The van der Waals surface area contributed by atoms with Gasteiger partial charge in [0.1, 0.15) is 23.1 Å². The van der Waals surface area contributed by atoms with Crippen molar-refractivity contribution in [3.8, 4) is 0 Å². The quantitative estimate of drug-likeness (QED) is 0.0826. The average molecular weight is 758 g/mol. The maximum Gasteiger partial charge on any atom is 3.00 e. The van der Waals surface area contributed by atoms with Gasteiger partial charge in [-0.2, -0.15) is 10.2 Å². The van der Waals surface area contributed by atoms with E-state index in [1.54, 1.807) is 36.7 Å². The van der Waals surface area contributed by atoms with Gasteiger partial charge in [-0.05, 0) is 97.0 Å². The first kappa shape index (κ1) is 42.0. The molecule has 4 aromatic rings. The Morgan fingerprint density at radius 1 is 0.646 bits per heavy atom. The van der Waals surface area contributed by atoms with E-state index in [0.717, 1.165) is 11.1 Å². The predicted molar refractivity (Wildman–Crippen MR) is 170 cm³/mol. The molecule has 2 aromatic carbocycles. The van der Waals surface area contributed by atoms with Gasteiger partial charge in [-0.3, -0.25) is 30.8 Å². The van der Waals surface area contributed by atoms with E-state index in [9.17, 15) is 8.78 Å². The van der Waals surface area contributed by atoms with Crippen LogP contribution in [0.25, 0.3) is 0 Å². The number of hydrazone groups is 2. The van der Waals surface area contributed by atoms with Crippen molar-refractivity contribution in [2.75, 3.05) is 13.1 Å². The monoisotopic (exact) mass is 757 g/mol. The standard InChI is InChI=1S/2C15H15FN4S.ClHO4.Fe/c2*1-2-17-15(21)20-19-14(13-5-3-4-10-18-13)11-6-8-12(16)9-7-11;2-1(3,4)5;/h2*3-10H,2H2,1H3,(H2,17,20,21);(H,2,3,4,5);/q;;;+3/p-3/b2*19-14+;;. The van der Waals surface area contributed by atoms with Gasteiger partial charge in [-0.25, -0.2) is 27.4 Å². The first-order chi connectivity index (χ1) is 22.4. The van der Waals surface area contributed by atoms with Gasteiger partial charge < -0.3 is 25.3 Å². The minimum absolute atomic E-state index is 0. The summed E-state index contributed by atoms with van der Waals surface area (Å²) in [5.74, 6) is -0.604. The molecule has 0 saturated heterocycles. The number of halogens is 3. The zero-order valence-corrected chi connectivity index (χ0v) is 28.8. The summed E-state index contributed by atoms with van der Waals surface area (Å²) in [5.41, 5.74) is 9.38. The van der Waals surface area contributed by atoms with Gasteiger partial charge >= 0.3 is 17.1 Å².